The smallest absolute Gasteiger partial charge is 0.231 e. The number of fused-ring (bicyclic) bond motifs is 1. The first kappa shape index (κ1) is 18.7. The predicted octanol–water partition coefficient (Wildman–Crippen LogP) is 3.30. The van der Waals surface area contributed by atoms with E-state index in [1.54, 1.807) is 4.52 Å². The number of rotatable bonds is 4. The third-order valence-corrected chi connectivity index (χ3v) is 4.95. The van der Waals surface area contributed by atoms with E-state index < -0.39 is 0 Å². The molecule has 3 heterocycles. The Bertz CT molecular complexity index is 768. The normalized spacial score (nSPS) is 16.5. The number of ether oxygens (including phenoxy) is 1. The van der Waals surface area contributed by atoms with Crippen molar-refractivity contribution in [1.29, 1.82) is 0 Å². The summed E-state index contributed by atoms with van der Waals surface area (Å²) in [5, 5.41) is 4.53. The van der Waals surface area contributed by atoms with Gasteiger partial charge in [0.1, 0.15) is 0 Å². The van der Waals surface area contributed by atoms with Crippen molar-refractivity contribution in [3.63, 3.8) is 0 Å². The first-order valence-electron chi connectivity index (χ1n) is 9.52. The molecule has 6 nitrogen and oxygen atoms in total. The van der Waals surface area contributed by atoms with Gasteiger partial charge in [-0.1, -0.05) is 34.6 Å². The molecule has 0 atom stereocenters. The number of aromatic nitrogens is 3. The lowest BCUT2D eigenvalue weighted by atomic mass is 9.93. The van der Waals surface area contributed by atoms with Crippen LogP contribution in [0.25, 0.3) is 5.65 Å². The van der Waals surface area contributed by atoms with Crippen LogP contribution in [0.2, 0.25) is 0 Å². The SMILES string of the molecule is CC(C)C(=O)N1CCC(COc2ccc3nc(C(C)(C)C)cn3n2)CC1. The van der Waals surface area contributed by atoms with E-state index in [1.807, 2.05) is 37.1 Å². The fourth-order valence-corrected chi connectivity index (χ4v) is 3.19. The van der Waals surface area contributed by atoms with Gasteiger partial charge in [-0.05, 0) is 24.8 Å². The van der Waals surface area contributed by atoms with Gasteiger partial charge < -0.3 is 9.64 Å². The van der Waals surface area contributed by atoms with E-state index in [-0.39, 0.29) is 17.2 Å². The number of imidazole rings is 1. The zero-order chi connectivity index (χ0) is 18.9. The Morgan fingerprint density at radius 3 is 2.58 bits per heavy atom. The van der Waals surface area contributed by atoms with Crippen LogP contribution in [0.4, 0.5) is 0 Å². The Hall–Kier alpha value is -2.11. The van der Waals surface area contributed by atoms with Gasteiger partial charge in [0, 0.05) is 30.5 Å². The topological polar surface area (TPSA) is 59.7 Å². The number of hydrogen-bond acceptors (Lipinski definition) is 4. The highest BCUT2D eigenvalue weighted by molar-refractivity contribution is 5.78. The molecule has 0 saturated carbocycles. The Balaban J connectivity index is 1.56. The van der Waals surface area contributed by atoms with Gasteiger partial charge in [-0.2, -0.15) is 0 Å². The second-order valence-electron chi connectivity index (χ2n) is 8.58. The number of nitrogens with zero attached hydrogens (tertiary/aromatic N) is 4. The van der Waals surface area contributed by atoms with E-state index in [0.717, 1.165) is 37.3 Å². The van der Waals surface area contributed by atoms with Gasteiger partial charge in [0.15, 0.2) is 5.65 Å². The molecule has 1 aliphatic heterocycles. The molecule has 0 spiro atoms. The largest absolute Gasteiger partial charge is 0.476 e. The van der Waals surface area contributed by atoms with E-state index in [0.29, 0.717) is 18.4 Å². The molecule has 1 aliphatic rings. The molecule has 1 amide bonds. The van der Waals surface area contributed by atoms with Crippen molar-refractivity contribution < 1.29 is 9.53 Å². The lowest BCUT2D eigenvalue weighted by Gasteiger charge is -2.32. The van der Waals surface area contributed by atoms with Crippen molar-refractivity contribution in [2.75, 3.05) is 19.7 Å². The van der Waals surface area contributed by atoms with Crippen LogP contribution in [0.3, 0.4) is 0 Å². The minimum atomic E-state index is -0.00386. The average molecular weight is 358 g/mol. The van der Waals surface area contributed by atoms with Crippen LogP contribution < -0.4 is 4.74 Å². The second kappa shape index (κ2) is 7.25. The van der Waals surface area contributed by atoms with Crippen LogP contribution in [0, 0.1) is 11.8 Å². The summed E-state index contributed by atoms with van der Waals surface area (Å²) in [5.41, 5.74) is 1.85. The Morgan fingerprint density at radius 1 is 1.27 bits per heavy atom. The van der Waals surface area contributed by atoms with Gasteiger partial charge >= 0.3 is 0 Å². The van der Waals surface area contributed by atoms with Gasteiger partial charge in [0.05, 0.1) is 18.5 Å². The molecule has 1 saturated heterocycles. The van der Waals surface area contributed by atoms with Crippen molar-refractivity contribution in [2.45, 2.75) is 52.9 Å². The summed E-state index contributed by atoms with van der Waals surface area (Å²) in [6.07, 6.45) is 3.94. The van der Waals surface area contributed by atoms with E-state index in [9.17, 15) is 4.79 Å². The maximum absolute atomic E-state index is 12.1. The molecule has 6 heteroatoms. The molecule has 0 N–H and O–H groups in total. The van der Waals surface area contributed by atoms with Crippen LogP contribution in [0.5, 0.6) is 5.88 Å². The standard InChI is InChI=1S/C20H30N4O2/c1-14(2)19(25)23-10-8-15(9-11-23)13-26-18-7-6-17-21-16(20(3,4)5)12-24(17)22-18/h6-7,12,14-15H,8-11,13H2,1-5H3. The van der Waals surface area contributed by atoms with Crippen molar-refractivity contribution >= 4 is 11.6 Å². The molecular formula is C20H30N4O2. The highest BCUT2D eigenvalue weighted by Crippen LogP contribution is 2.23. The van der Waals surface area contributed by atoms with Crippen LogP contribution in [0.15, 0.2) is 18.3 Å². The summed E-state index contributed by atoms with van der Waals surface area (Å²) in [7, 11) is 0. The molecule has 0 radical (unpaired) electrons. The first-order valence-corrected chi connectivity index (χ1v) is 9.52. The summed E-state index contributed by atoms with van der Waals surface area (Å²) in [6, 6.07) is 3.83. The van der Waals surface area contributed by atoms with Crippen LogP contribution in [-0.2, 0) is 10.2 Å². The molecular weight excluding hydrogens is 328 g/mol. The van der Waals surface area contributed by atoms with Gasteiger partial charge in [-0.25, -0.2) is 9.50 Å². The maximum atomic E-state index is 12.1. The number of piperidine rings is 1. The van der Waals surface area contributed by atoms with Gasteiger partial charge in [0.2, 0.25) is 11.8 Å². The van der Waals surface area contributed by atoms with E-state index >= 15 is 0 Å². The van der Waals surface area contributed by atoms with Crippen molar-refractivity contribution in [2.24, 2.45) is 11.8 Å². The van der Waals surface area contributed by atoms with E-state index in [4.69, 9.17) is 4.74 Å². The van der Waals surface area contributed by atoms with Crippen LogP contribution >= 0.6 is 0 Å². The lowest BCUT2D eigenvalue weighted by Crippen LogP contribution is -2.41. The molecule has 2 aromatic heterocycles. The molecule has 1 fully saturated rings. The number of amides is 1. The fraction of sp³-hybridized carbons (Fsp3) is 0.650. The highest BCUT2D eigenvalue weighted by Gasteiger charge is 2.24. The molecule has 0 unspecified atom stereocenters. The predicted molar refractivity (Wildman–Crippen MR) is 101 cm³/mol. The summed E-state index contributed by atoms with van der Waals surface area (Å²) in [4.78, 5) is 18.7. The Kier molecular flexibility index (Phi) is 5.21. The number of carbonyl (C=O) groups excluding carboxylic acids is 1. The monoisotopic (exact) mass is 358 g/mol. The number of likely N-dealkylation sites (tertiary alicyclic amines) is 1. The second-order valence-corrected chi connectivity index (χ2v) is 8.58. The molecule has 142 valence electrons. The van der Waals surface area contributed by atoms with Gasteiger partial charge in [-0.15, -0.1) is 5.10 Å². The van der Waals surface area contributed by atoms with Crippen LogP contribution in [0.1, 0.15) is 53.2 Å². The summed E-state index contributed by atoms with van der Waals surface area (Å²) in [6.45, 7) is 12.6. The Morgan fingerprint density at radius 2 is 1.96 bits per heavy atom. The highest BCUT2D eigenvalue weighted by atomic mass is 16.5. The van der Waals surface area contributed by atoms with E-state index in [1.165, 1.54) is 0 Å². The summed E-state index contributed by atoms with van der Waals surface area (Å²) >= 11 is 0. The van der Waals surface area contributed by atoms with Gasteiger partial charge in [0.25, 0.3) is 0 Å². The van der Waals surface area contributed by atoms with Crippen LogP contribution in [-0.4, -0.2) is 45.1 Å². The first-order chi connectivity index (χ1) is 12.2. The molecule has 0 aliphatic carbocycles. The maximum Gasteiger partial charge on any atom is 0.231 e. The zero-order valence-corrected chi connectivity index (χ0v) is 16.5. The lowest BCUT2D eigenvalue weighted by molar-refractivity contribution is -0.136. The van der Waals surface area contributed by atoms with Gasteiger partial charge in [-0.3, -0.25) is 4.79 Å². The molecule has 2 aromatic rings. The minimum Gasteiger partial charge on any atom is -0.476 e. The van der Waals surface area contributed by atoms with E-state index in [2.05, 4.69) is 30.9 Å². The number of hydrogen-bond donors (Lipinski definition) is 0. The van der Waals surface area contributed by atoms with Crippen molar-refractivity contribution in [1.82, 2.24) is 19.5 Å². The average Bonchev–Trinajstić information content (AvgIpc) is 3.03. The minimum absolute atomic E-state index is 0.00386. The quantitative estimate of drug-likeness (QED) is 0.841. The third kappa shape index (κ3) is 4.17. The van der Waals surface area contributed by atoms with Crippen molar-refractivity contribution in [3.05, 3.63) is 24.0 Å². The molecule has 0 bridgehead atoms. The summed E-state index contributed by atoms with van der Waals surface area (Å²) in [5.74, 6) is 1.42. The number of carbonyl (C=O) groups is 1. The van der Waals surface area contributed by atoms with Crippen molar-refractivity contribution in [3.8, 4) is 5.88 Å². The summed E-state index contributed by atoms with van der Waals surface area (Å²) < 4.78 is 7.72. The molecule has 3 rings (SSSR count). The molecule has 26 heavy (non-hydrogen) atoms. The fourth-order valence-electron chi connectivity index (χ4n) is 3.19. The Labute approximate surface area is 155 Å². The third-order valence-electron chi connectivity index (χ3n) is 4.95. The molecule has 0 aromatic carbocycles. The zero-order valence-electron chi connectivity index (χ0n) is 16.5.